The van der Waals surface area contributed by atoms with Crippen molar-refractivity contribution in [2.24, 2.45) is 0 Å². The summed E-state index contributed by atoms with van der Waals surface area (Å²) in [6.07, 6.45) is 0. The molecule has 0 unspecified atom stereocenters. The molecule has 5 nitrogen and oxygen atoms in total. The molecule has 1 aromatic rings. The first-order valence-electron chi connectivity index (χ1n) is 6.77. The van der Waals surface area contributed by atoms with Gasteiger partial charge in [0.1, 0.15) is 6.61 Å². The Kier molecular flexibility index (Phi) is 5.54. The van der Waals surface area contributed by atoms with Gasteiger partial charge >= 0.3 is 0 Å². The van der Waals surface area contributed by atoms with Crippen LogP contribution < -0.4 is 5.32 Å². The van der Waals surface area contributed by atoms with Crippen molar-refractivity contribution in [2.75, 3.05) is 40.0 Å². The van der Waals surface area contributed by atoms with Crippen LogP contribution in [0.3, 0.4) is 0 Å². The summed E-state index contributed by atoms with van der Waals surface area (Å²) in [4.78, 5) is 15.3. The van der Waals surface area contributed by atoms with Crippen LogP contribution in [0.25, 0.3) is 0 Å². The molecule has 1 N–H and O–H groups in total. The van der Waals surface area contributed by atoms with E-state index in [0.717, 1.165) is 13.1 Å². The number of nitrogens with zero attached hydrogens (tertiary/aromatic N) is 1. The maximum Gasteiger partial charge on any atom is 0.249 e. The molecule has 0 spiro atoms. The average molecular weight is 298 g/mol. The summed E-state index contributed by atoms with van der Waals surface area (Å²) in [5, 5.41) is 5.18. The van der Waals surface area contributed by atoms with Gasteiger partial charge in [-0.3, -0.25) is 4.79 Å². The van der Waals surface area contributed by atoms with Gasteiger partial charge in [0.25, 0.3) is 0 Å². The third-order valence-corrected chi connectivity index (χ3v) is 4.25. The molecule has 0 radical (unpaired) electrons. The fourth-order valence-corrected chi connectivity index (χ4v) is 2.71. The predicted octanol–water partition coefficient (Wildman–Crippen LogP) is 1.10. The summed E-state index contributed by atoms with van der Waals surface area (Å²) >= 11 is 1.66. The number of hydrogen-bond donors (Lipinski definition) is 1. The van der Waals surface area contributed by atoms with Gasteiger partial charge < -0.3 is 19.7 Å². The van der Waals surface area contributed by atoms with Crippen LogP contribution >= 0.6 is 11.3 Å². The minimum atomic E-state index is -0.189. The summed E-state index contributed by atoms with van der Waals surface area (Å²) in [5.74, 6) is 0.0172. The topological polar surface area (TPSA) is 50.8 Å². The summed E-state index contributed by atoms with van der Waals surface area (Å²) < 4.78 is 10.8. The molecule has 6 heteroatoms. The van der Waals surface area contributed by atoms with E-state index in [1.54, 1.807) is 23.3 Å². The van der Waals surface area contributed by atoms with E-state index in [1.165, 1.54) is 4.88 Å². The van der Waals surface area contributed by atoms with Gasteiger partial charge in [0, 0.05) is 31.6 Å². The first kappa shape index (κ1) is 15.4. The highest BCUT2D eigenvalue weighted by atomic mass is 32.1. The van der Waals surface area contributed by atoms with Gasteiger partial charge in [0.05, 0.1) is 18.8 Å². The lowest BCUT2D eigenvalue weighted by atomic mass is 10.0. The monoisotopic (exact) mass is 298 g/mol. The number of nitrogens with one attached hydrogen (secondary N) is 1. The van der Waals surface area contributed by atoms with E-state index < -0.39 is 0 Å². The molecule has 1 aliphatic rings. The second-order valence-corrected chi connectivity index (χ2v) is 6.26. The maximum absolute atomic E-state index is 12.3. The highest BCUT2D eigenvalue weighted by molar-refractivity contribution is 7.09. The predicted molar refractivity (Wildman–Crippen MR) is 78.8 cm³/mol. The fourth-order valence-electron chi connectivity index (χ4n) is 1.99. The molecular formula is C14H22N2O3S. The first-order valence-corrected chi connectivity index (χ1v) is 7.65. The van der Waals surface area contributed by atoms with Gasteiger partial charge in [-0.25, -0.2) is 0 Å². The van der Waals surface area contributed by atoms with Crippen molar-refractivity contribution >= 4 is 17.2 Å². The number of thiophene rings is 1. The largest absolute Gasteiger partial charge is 0.383 e. The molecule has 0 saturated carbocycles. The number of carbonyl (C=O) groups excluding carboxylic acids is 1. The zero-order chi connectivity index (χ0) is 14.4. The highest BCUT2D eigenvalue weighted by Gasteiger charge is 2.33. The van der Waals surface area contributed by atoms with E-state index in [9.17, 15) is 4.79 Å². The van der Waals surface area contributed by atoms with E-state index >= 15 is 0 Å². The number of rotatable bonds is 8. The molecule has 1 aromatic heterocycles. The lowest BCUT2D eigenvalue weighted by Crippen LogP contribution is -2.59. The number of methoxy groups -OCH3 is 1. The van der Waals surface area contributed by atoms with Gasteiger partial charge in [0.15, 0.2) is 0 Å². The Bertz CT molecular complexity index is 418. The van der Waals surface area contributed by atoms with Crippen LogP contribution in [-0.4, -0.2) is 56.4 Å². The Morgan fingerprint density at radius 1 is 1.55 bits per heavy atom. The average Bonchev–Trinajstić information content (AvgIpc) is 2.91. The van der Waals surface area contributed by atoms with Crippen LogP contribution in [0.4, 0.5) is 0 Å². The molecule has 2 heterocycles. The zero-order valence-electron chi connectivity index (χ0n) is 12.1. The van der Waals surface area contributed by atoms with E-state index in [1.807, 2.05) is 24.4 Å². The second-order valence-electron chi connectivity index (χ2n) is 5.23. The standard InChI is InChI=1S/C14H22N2O3S/c1-14(10-15-11-14)19-9-13(17)16(5-6-18-2)8-12-4-3-7-20-12/h3-4,7,15H,5-6,8-11H2,1-2H3. The number of ether oxygens (including phenoxy) is 2. The number of carbonyl (C=O) groups is 1. The second kappa shape index (κ2) is 7.17. The molecule has 0 aliphatic carbocycles. The first-order chi connectivity index (χ1) is 9.63. The lowest BCUT2D eigenvalue weighted by molar-refractivity contribution is -0.147. The molecule has 1 amide bonds. The summed E-state index contributed by atoms with van der Waals surface area (Å²) in [7, 11) is 1.64. The minimum Gasteiger partial charge on any atom is -0.383 e. The van der Waals surface area contributed by atoms with Crippen molar-refractivity contribution in [3.63, 3.8) is 0 Å². The molecule has 0 atom stereocenters. The molecular weight excluding hydrogens is 276 g/mol. The summed E-state index contributed by atoms with van der Waals surface area (Å²) in [6.45, 7) is 5.52. The number of hydrogen-bond acceptors (Lipinski definition) is 5. The van der Waals surface area contributed by atoms with Gasteiger partial charge in [0.2, 0.25) is 5.91 Å². The summed E-state index contributed by atoms with van der Waals surface area (Å²) in [5.41, 5.74) is -0.189. The van der Waals surface area contributed by atoms with Crippen molar-refractivity contribution in [1.29, 1.82) is 0 Å². The van der Waals surface area contributed by atoms with Crippen LogP contribution in [-0.2, 0) is 20.8 Å². The Hall–Kier alpha value is -0.950. The van der Waals surface area contributed by atoms with Crippen molar-refractivity contribution in [3.05, 3.63) is 22.4 Å². The third kappa shape index (κ3) is 4.28. The molecule has 112 valence electrons. The van der Waals surface area contributed by atoms with Crippen molar-refractivity contribution in [1.82, 2.24) is 10.2 Å². The highest BCUT2D eigenvalue weighted by Crippen LogP contribution is 2.16. The molecule has 1 aliphatic heterocycles. The number of amides is 1. The molecule has 20 heavy (non-hydrogen) atoms. The quantitative estimate of drug-likeness (QED) is 0.781. The van der Waals surface area contributed by atoms with Crippen LogP contribution in [0.15, 0.2) is 17.5 Å². The van der Waals surface area contributed by atoms with Crippen LogP contribution in [0, 0.1) is 0 Å². The SMILES string of the molecule is COCCN(Cc1cccs1)C(=O)COC1(C)CNC1. The van der Waals surface area contributed by atoms with Crippen LogP contribution in [0.5, 0.6) is 0 Å². The lowest BCUT2D eigenvalue weighted by Gasteiger charge is -2.39. The van der Waals surface area contributed by atoms with Crippen molar-refractivity contribution in [2.45, 2.75) is 19.1 Å². The Labute approximate surface area is 123 Å². The Morgan fingerprint density at radius 3 is 2.90 bits per heavy atom. The molecule has 0 aromatic carbocycles. The zero-order valence-corrected chi connectivity index (χ0v) is 12.9. The van der Waals surface area contributed by atoms with Crippen molar-refractivity contribution < 1.29 is 14.3 Å². The van der Waals surface area contributed by atoms with Gasteiger partial charge in [-0.2, -0.15) is 0 Å². The third-order valence-electron chi connectivity index (χ3n) is 3.39. The normalized spacial score (nSPS) is 16.7. The van der Waals surface area contributed by atoms with Gasteiger partial charge in [-0.15, -0.1) is 11.3 Å². The Balaban J connectivity index is 1.85. The van der Waals surface area contributed by atoms with E-state index in [4.69, 9.17) is 9.47 Å². The van der Waals surface area contributed by atoms with E-state index in [0.29, 0.717) is 19.7 Å². The molecule has 2 rings (SSSR count). The summed E-state index contributed by atoms with van der Waals surface area (Å²) in [6, 6.07) is 4.03. The van der Waals surface area contributed by atoms with Gasteiger partial charge in [-0.05, 0) is 18.4 Å². The van der Waals surface area contributed by atoms with Crippen molar-refractivity contribution in [3.8, 4) is 0 Å². The molecule has 0 bridgehead atoms. The van der Waals surface area contributed by atoms with Crippen LogP contribution in [0.2, 0.25) is 0 Å². The van der Waals surface area contributed by atoms with Gasteiger partial charge in [-0.1, -0.05) is 6.07 Å². The minimum absolute atomic E-state index is 0.0172. The fraction of sp³-hybridized carbons (Fsp3) is 0.643. The van der Waals surface area contributed by atoms with E-state index in [-0.39, 0.29) is 18.1 Å². The molecule has 1 saturated heterocycles. The van der Waals surface area contributed by atoms with Crippen LogP contribution in [0.1, 0.15) is 11.8 Å². The molecule has 1 fully saturated rings. The smallest absolute Gasteiger partial charge is 0.249 e. The maximum atomic E-state index is 12.3. The Morgan fingerprint density at radius 2 is 2.35 bits per heavy atom. The van der Waals surface area contributed by atoms with E-state index in [2.05, 4.69) is 5.32 Å².